The van der Waals surface area contributed by atoms with Crippen molar-refractivity contribution in [2.75, 3.05) is 51.3 Å². The van der Waals surface area contributed by atoms with Crippen molar-refractivity contribution in [2.24, 2.45) is 5.92 Å². The molecule has 0 bridgehead atoms. The topological polar surface area (TPSA) is 70.2 Å². The van der Waals surface area contributed by atoms with Crippen molar-refractivity contribution < 1.29 is 22.3 Å². The molecule has 2 fully saturated rings. The molecule has 2 aromatic rings. The number of sulfonamides is 1. The van der Waals surface area contributed by atoms with Crippen molar-refractivity contribution in [1.29, 1.82) is 0 Å². The molecule has 0 aromatic heterocycles. The van der Waals surface area contributed by atoms with Gasteiger partial charge in [-0.05, 0) is 60.7 Å². The van der Waals surface area contributed by atoms with Crippen LogP contribution in [0.1, 0.15) is 38.2 Å². The number of benzene rings is 2. The molecule has 0 atom stereocenters. The number of piperidine rings is 1. The van der Waals surface area contributed by atoms with Gasteiger partial charge in [-0.2, -0.15) is 4.31 Å². The number of hydrogen-bond acceptors (Lipinski definition) is 5. The second kappa shape index (κ2) is 10.5. The SMILES string of the molecule is COc1ccc(C(C)C)cc1S(=O)(=O)N1CCC(C(=O)N2CCN(c3ccc(F)cc3)CC2)CC1. The number of halogens is 1. The number of piperazine rings is 1. The van der Waals surface area contributed by atoms with Gasteiger partial charge in [0.2, 0.25) is 15.9 Å². The van der Waals surface area contributed by atoms with Crippen LogP contribution in [0.5, 0.6) is 5.75 Å². The maximum absolute atomic E-state index is 13.4. The molecular weight excluding hydrogens is 469 g/mol. The lowest BCUT2D eigenvalue weighted by Gasteiger charge is -2.39. The summed E-state index contributed by atoms with van der Waals surface area (Å²) in [6.45, 7) is 7.26. The van der Waals surface area contributed by atoms with E-state index < -0.39 is 10.0 Å². The fourth-order valence-electron chi connectivity index (χ4n) is 4.83. The van der Waals surface area contributed by atoms with Crippen molar-refractivity contribution >= 4 is 21.6 Å². The summed E-state index contributed by atoms with van der Waals surface area (Å²) in [5.41, 5.74) is 1.89. The zero-order chi connectivity index (χ0) is 25.2. The highest BCUT2D eigenvalue weighted by Gasteiger charge is 2.36. The van der Waals surface area contributed by atoms with Gasteiger partial charge in [0.05, 0.1) is 7.11 Å². The van der Waals surface area contributed by atoms with Gasteiger partial charge in [-0.1, -0.05) is 19.9 Å². The Morgan fingerprint density at radius 1 is 0.971 bits per heavy atom. The summed E-state index contributed by atoms with van der Waals surface area (Å²) in [6.07, 6.45) is 1.00. The maximum Gasteiger partial charge on any atom is 0.246 e. The van der Waals surface area contributed by atoms with Crippen LogP contribution < -0.4 is 9.64 Å². The third-order valence-corrected chi connectivity index (χ3v) is 8.98. The van der Waals surface area contributed by atoms with Gasteiger partial charge in [0, 0.05) is 50.9 Å². The van der Waals surface area contributed by atoms with Crippen molar-refractivity contribution in [3.8, 4) is 5.75 Å². The summed E-state index contributed by atoms with van der Waals surface area (Å²) < 4.78 is 46.9. The van der Waals surface area contributed by atoms with E-state index in [4.69, 9.17) is 4.74 Å². The fourth-order valence-corrected chi connectivity index (χ4v) is 6.49. The molecule has 0 spiro atoms. The Hall–Kier alpha value is -2.65. The van der Waals surface area contributed by atoms with E-state index >= 15 is 0 Å². The molecule has 0 saturated carbocycles. The number of carbonyl (C=O) groups is 1. The smallest absolute Gasteiger partial charge is 0.246 e. The van der Waals surface area contributed by atoms with Gasteiger partial charge in [-0.25, -0.2) is 12.8 Å². The van der Waals surface area contributed by atoms with Gasteiger partial charge in [0.1, 0.15) is 16.5 Å². The molecule has 0 aliphatic carbocycles. The van der Waals surface area contributed by atoms with Crippen molar-refractivity contribution in [3.05, 3.63) is 53.8 Å². The van der Waals surface area contributed by atoms with Gasteiger partial charge in [0.15, 0.2) is 0 Å². The quantitative estimate of drug-likeness (QED) is 0.601. The van der Waals surface area contributed by atoms with Gasteiger partial charge < -0.3 is 14.5 Å². The van der Waals surface area contributed by atoms with Crippen LogP contribution in [-0.2, 0) is 14.8 Å². The number of rotatable bonds is 6. The normalized spacial score (nSPS) is 18.2. The van der Waals surface area contributed by atoms with Gasteiger partial charge in [-0.3, -0.25) is 4.79 Å². The number of ether oxygens (including phenoxy) is 1. The van der Waals surface area contributed by atoms with E-state index in [1.54, 1.807) is 24.3 Å². The van der Waals surface area contributed by atoms with E-state index in [9.17, 15) is 17.6 Å². The van der Waals surface area contributed by atoms with E-state index in [-0.39, 0.29) is 28.5 Å². The molecule has 0 unspecified atom stereocenters. The molecule has 0 N–H and O–H groups in total. The lowest BCUT2D eigenvalue weighted by atomic mass is 9.96. The first-order valence-electron chi connectivity index (χ1n) is 12.2. The Labute approximate surface area is 207 Å². The first kappa shape index (κ1) is 25.4. The van der Waals surface area contributed by atoms with Crippen LogP contribution in [0, 0.1) is 11.7 Å². The molecule has 2 heterocycles. The average molecular weight is 504 g/mol. The highest BCUT2D eigenvalue weighted by atomic mass is 32.2. The minimum Gasteiger partial charge on any atom is -0.495 e. The Morgan fingerprint density at radius 3 is 2.17 bits per heavy atom. The summed E-state index contributed by atoms with van der Waals surface area (Å²) in [4.78, 5) is 17.4. The van der Waals surface area contributed by atoms with E-state index in [0.717, 1.165) is 11.3 Å². The van der Waals surface area contributed by atoms with Crippen molar-refractivity contribution in [3.63, 3.8) is 0 Å². The fraction of sp³-hybridized carbons (Fsp3) is 0.500. The lowest BCUT2D eigenvalue weighted by molar-refractivity contribution is -0.137. The van der Waals surface area contributed by atoms with Gasteiger partial charge >= 0.3 is 0 Å². The van der Waals surface area contributed by atoms with Crippen molar-refractivity contribution in [2.45, 2.75) is 37.5 Å². The van der Waals surface area contributed by atoms with E-state index in [2.05, 4.69) is 4.90 Å². The van der Waals surface area contributed by atoms with Crippen LogP contribution in [0.25, 0.3) is 0 Å². The first-order chi connectivity index (χ1) is 16.7. The molecule has 9 heteroatoms. The third-order valence-electron chi connectivity index (χ3n) is 7.06. The summed E-state index contributed by atoms with van der Waals surface area (Å²) in [7, 11) is -2.25. The van der Waals surface area contributed by atoms with Crippen LogP contribution in [0.4, 0.5) is 10.1 Å². The van der Waals surface area contributed by atoms with E-state index in [0.29, 0.717) is 57.9 Å². The number of hydrogen-bond donors (Lipinski definition) is 0. The molecule has 2 saturated heterocycles. The summed E-state index contributed by atoms with van der Waals surface area (Å²) >= 11 is 0. The third kappa shape index (κ3) is 5.46. The second-order valence-corrected chi connectivity index (χ2v) is 11.4. The zero-order valence-electron chi connectivity index (χ0n) is 20.6. The van der Waals surface area contributed by atoms with Crippen LogP contribution in [0.15, 0.2) is 47.4 Å². The first-order valence-corrected chi connectivity index (χ1v) is 13.6. The summed E-state index contributed by atoms with van der Waals surface area (Å²) in [5, 5.41) is 0. The summed E-state index contributed by atoms with van der Waals surface area (Å²) in [5.74, 6) is 0.193. The second-order valence-electron chi connectivity index (χ2n) is 9.53. The standard InChI is InChI=1S/C26H34FN3O4S/c1-19(2)21-4-9-24(34-3)25(18-21)35(32,33)30-12-10-20(11-13-30)26(31)29-16-14-28(15-17-29)23-7-5-22(27)6-8-23/h4-9,18-20H,10-17H2,1-3H3. The monoisotopic (exact) mass is 503 g/mol. The predicted molar refractivity (Wildman–Crippen MR) is 134 cm³/mol. The van der Waals surface area contributed by atoms with Gasteiger partial charge in [0.25, 0.3) is 0 Å². The van der Waals surface area contributed by atoms with Crippen molar-refractivity contribution in [1.82, 2.24) is 9.21 Å². The molecule has 7 nitrogen and oxygen atoms in total. The molecule has 2 aliphatic heterocycles. The Kier molecular flexibility index (Phi) is 7.66. The number of nitrogens with zero attached hydrogens (tertiary/aromatic N) is 3. The molecule has 190 valence electrons. The minimum atomic E-state index is -3.73. The number of anilines is 1. The molecule has 2 aromatic carbocycles. The zero-order valence-corrected chi connectivity index (χ0v) is 21.4. The Morgan fingerprint density at radius 2 is 1.60 bits per heavy atom. The molecule has 0 radical (unpaired) electrons. The average Bonchev–Trinajstić information content (AvgIpc) is 2.88. The van der Waals surface area contributed by atoms with Crippen LogP contribution in [0.3, 0.4) is 0 Å². The predicted octanol–water partition coefficient (Wildman–Crippen LogP) is 3.71. The largest absolute Gasteiger partial charge is 0.495 e. The maximum atomic E-state index is 13.4. The molecule has 4 rings (SSSR count). The van der Waals surface area contributed by atoms with Crippen LogP contribution >= 0.6 is 0 Å². The minimum absolute atomic E-state index is 0.0974. The lowest BCUT2D eigenvalue weighted by Crippen LogP contribution is -2.52. The number of methoxy groups -OCH3 is 1. The van der Waals surface area contributed by atoms with Crippen LogP contribution in [0.2, 0.25) is 0 Å². The van der Waals surface area contributed by atoms with E-state index in [1.165, 1.54) is 23.5 Å². The molecule has 35 heavy (non-hydrogen) atoms. The highest BCUT2D eigenvalue weighted by Crippen LogP contribution is 2.33. The Bertz CT molecular complexity index is 1140. The number of carbonyl (C=O) groups excluding carboxylic acids is 1. The summed E-state index contributed by atoms with van der Waals surface area (Å²) in [6, 6.07) is 11.7. The van der Waals surface area contributed by atoms with E-state index in [1.807, 2.05) is 24.8 Å². The highest BCUT2D eigenvalue weighted by molar-refractivity contribution is 7.89. The van der Waals surface area contributed by atoms with Crippen LogP contribution in [-0.4, -0.2) is 69.9 Å². The molecule has 1 amide bonds. The number of amides is 1. The Balaban J connectivity index is 1.36. The molecular formula is C26H34FN3O4S. The molecule has 2 aliphatic rings. The van der Waals surface area contributed by atoms with Gasteiger partial charge in [-0.15, -0.1) is 0 Å².